The average molecular weight is 449 g/mol. The number of carboxylic acids is 3. The zero-order valence-electron chi connectivity index (χ0n) is 15.0. The molecule has 2 amide bonds. The molecule has 0 bridgehead atoms. The molecule has 0 aromatic carbocycles. The fourth-order valence-electron chi connectivity index (χ4n) is 2.11. The van der Waals surface area contributed by atoms with Gasteiger partial charge in [-0.25, -0.2) is 19.4 Å². The van der Waals surface area contributed by atoms with Crippen LogP contribution in [0.3, 0.4) is 0 Å². The Morgan fingerprint density at radius 2 is 1.69 bits per heavy atom. The monoisotopic (exact) mass is 449 g/mol. The number of hydrogen-bond donors (Lipinski definition) is 5. The lowest BCUT2D eigenvalue weighted by Crippen LogP contribution is -2.51. The zero-order chi connectivity index (χ0) is 21.8. The lowest BCUT2D eigenvalue weighted by Gasteiger charge is -2.18. The number of nitrogens with one attached hydrogen (secondary N) is 2. The van der Waals surface area contributed by atoms with Gasteiger partial charge < -0.3 is 26.0 Å². The maximum Gasteiger partial charge on any atom is 0.326 e. The molecule has 2 unspecified atom stereocenters. The first-order valence-corrected chi connectivity index (χ1v) is 10.2. The lowest BCUT2D eigenvalue weighted by atomic mass is 10.1. The maximum absolute atomic E-state index is 12.5. The highest BCUT2D eigenvalue weighted by Gasteiger charge is 2.24. The highest BCUT2D eigenvalue weighted by molar-refractivity contribution is 7.98. The van der Waals surface area contributed by atoms with Crippen LogP contribution >= 0.6 is 23.9 Å². The van der Waals surface area contributed by atoms with Gasteiger partial charge in [0.1, 0.15) is 29.3 Å². The maximum atomic E-state index is 12.5. The van der Waals surface area contributed by atoms with E-state index in [2.05, 4.69) is 15.6 Å². The topological polar surface area (TPSA) is 166 Å². The van der Waals surface area contributed by atoms with Gasteiger partial charge in [-0.3, -0.25) is 4.79 Å². The molecule has 0 aliphatic rings. The molecule has 2 atom stereocenters. The summed E-state index contributed by atoms with van der Waals surface area (Å²) >= 11 is 1.40. The quantitative estimate of drug-likeness (QED) is 0.280. The minimum atomic E-state index is -1.45. The predicted octanol–water partition coefficient (Wildman–Crippen LogP) is 1.75. The molecule has 0 spiro atoms. The standard InChI is InChI=1S/C16H20FN3O7S2/c17-29-12-7-9(3-5-18-12)8-28-6-4-11(15(25)26)20-16(27)19-10(14(23)24)1-2-13(21)22/h3,5,7,10-11H,1-2,4,6,8H2,(H,21,22)(H,23,24)(H,25,26)(H2,19,20,27). The summed E-state index contributed by atoms with van der Waals surface area (Å²) < 4.78 is 12.5. The number of carbonyl (C=O) groups is 4. The van der Waals surface area contributed by atoms with Gasteiger partial charge in [0.05, 0.1) is 0 Å². The van der Waals surface area contributed by atoms with Crippen LogP contribution in [0.15, 0.2) is 23.4 Å². The van der Waals surface area contributed by atoms with Crippen molar-refractivity contribution in [3.05, 3.63) is 23.9 Å². The largest absolute Gasteiger partial charge is 0.481 e. The van der Waals surface area contributed by atoms with E-state index < -0.39 is 42.4 Å². The number of carbonyl (C=O) groups excluding carboxylic acids is 1. The Morgan fingerprint density at radius 1 is 1.07 bits per heavy atom. The molecule has 13 heteroatoms. The Balaban J connectivity index is 2.48. The number of halogens is 1. The molecule has 0 saturated heterocycles. The smallest absolute Gasteiger partial charge is 0.326 e. The number of aromatic nitrogens is 1. The number of amides is 2. The molecule has 0 fully saturated rings. The van der Waals surface area contributed by atoms with Crippen molar-refractivity contribution in [2.24, 2.45) is 0 Å². The SMILES string of the molecule is O=C(O)CCC(NC(=O)NC(CCSCc1ccnc(SF)c1)C(=O)O)C(=O)O. The summed E-state index contributed by atoms with van der Waals surface area (Å²) in [6.45, 7) is 0. The van der Waals surface area contributed by atoms with Crippen molar-refractivity contribution in [1.29, 1.82) is 0 Å². The van der Waals surface area contributed by atoms with Crippen LogP contribution < -0.4 is 10.6 Å². The molecule has 1 heterocycles. The molecule has 0 saturated carbocycles. The average Bonchev–Trinajstić information content (AvgIpc) is 2.67. The Bertz CT molecular complexity index is 738. The van der Waals surface area contributed by atoms with Crippen LogP contribution in [0.25, 0.3) is 0 Å². The third-order valence-corrected chi connectivity index (χ3v) is 4.99. The summed E-state index contributed by atoms with van der Waals surface area (Å²) in [4.78, 5) is 48.6. The molecule has 1 aromatic rings. The molecule has 0 aliphatic carbocycles. The first-order valence-electron chi connectivity index (χ1n) is 8.28. The number of nitrogens with zero attached hydrogens (tertiary/aromatic N) is 1. The fraction of sp³-hybridized carbons (Fsp3) is 0.438. The number of pyridine rings is 1. The van der Waals surface area contributed by atoms with E-state index in [1.165, 1.54) is 18.0 Å². The van der Waals surface area contributed by atoms with Crippen LogP contribution in [0.5, 0.6) is 0 Å². The van der Waals surface area contributed by atoms with Gasteiger partial charge in [-0.05, 0) is 36.3 Å². The van der Waals surface area contributed by atoms with E-state index in [0.29, 0.717) is 11.5 Å². The van der Waals surface area contributed by atoms with Crippen LogP contribution in [-0.2, 0) is 20.1 Å². The van der Waals surface area contributed by atoms with Gasteiger partial charge in [-0.15, -0.1) is 0 Å². The Morgan fingerprint density at radius 3 is 2.24 bits per heavy atom. The third-order valence-electron chi connectivity index (χ3n) is 3.55. The second kappa shape index (κ2) is 12.8. The van der Waals surface area contributed by atoms with E-state index in [4.69, 9.17) is 10.2 Å². The summed E-state index contributed by atoms with van der Waals surface area (Å²) in [6, 6.07) is -0.453. The second-order valence-electron chi connectivity index (χ2n) is 5.75. The Labute approximate surface area is 174 Å². The van der Waals surface area contributed by atoms with E-state index in [9.17, 15) is 28.2 Å². The van der Waals surface area contributed by atoms with Crippen LogP contribution in [0.2, 0.25) is 0 Å². The second-order valence-corrected chi connectivity index (χ2v) is 7.43. The van der Waals surface area contributed by atoms with Crippen molar-refractivity contribution < 1.29 is 38.4 Å². The molecule has 1 aromatic heterocycles. The summed E-state index contributed by atoms with van der Waals surface area (Å²) in [5, 5.41) is 31.3. The molecule has 10 nitrogen and oxygen atoms in total. The van der Waals surface area contributed by atoms with Crippen LogP contribution in [0.1, 0.15) is 24.8 Å². The molecule has 5 N–H and O–H groups in total. The van der Waals surface area contributed by atoms with Gasteiger partial charge in [-0.2, -0.15) is 15.6 Å². The number of carboxylic acid groups (broad SMARTS) is 3. The Kier molecular flexibility index (Phi) is 10.8. The molecular formula is C16H20FN3O7S2. The summed E-state index contributed by atoms with van der Waals surface area (Å²) in [7, 11) is 0. The van der Waals surface area contributed by atoms with E-state index in [-0.39, 0.29) is 30.0 Å². The van der Waals surface area contributed by atoms with E-state index in [0.717, 1.165) is 5.56 Å². The summed E-state index contributed by atoms with van der Waals surface area (Å²) in [5.41, 5.74) is 0.811. The molecule has 0 radical (unpaired) electrons. The number of aliphatic carboxylic acids is 3. The molecule has 0 aliphatic heterocycles. The van der Waals surface area contributed by atoms with E-state index >= 15 is 0 Å². The highest BCUT2D eigenvalue weighted by Crippen LogP contribution is 2.20. The van der Waals surface area contributed by atoms with Gasteiger partial charge in [0.15, 0.2) is 0 Å². The van der Waals surface area contributed by atoms with Crippen molar-refractivity contribution in [2.45, 2.75) is 42.1 Å². The van der Waals surface area contributed by atoms with E-state index in [1.807, 2.05) is 0 Å². The lowest BCUT2D eigenvalue weighted by molar-refractivity contribution is -0.140. The predicted molar refractivity (Wildman–Crippen MR) is 103 cm³/mol. The molecule has 160 valence electrons. The van der Waals surface area contributed by atoms with Crippen LogP contribution in [0, 0.1) is 0 Å². The number of rotatable bonds is 13. The van der Waals surface area contributed by atoms with Gasteiger partial charge >= 0.3 is 23.9 Å². The zero-order valence-corrected chi connectivity index (χ0v) is 16.7. The first-order chi connectivity index (χ1) is 13.7. The minimum absolute atomic E-state index is 0.0226. The van der Waals surface area contributed by atoms with Gasteiger partial charge in [0.2, 0.25) is 0 Å². The molecule has 29 heavy (non-hydrogen) atoms. The summed E-state index contributed by atoms with van der Waals surface area (Å²) in [6.07, 6.45) is 0.730. The van der Waals surface area contributed by atoms with Gasteiger partial charge in [0, 0.05) is 18.4 Å². The Hall–Kier alpha value is -2.54. The molecule has 1 rings (SSSR count). The van der Waals surface area contributed by atoms with Gasteiger partial charge in [0.25, 0.3) is 0 Å². The summed E-state index contributed by atoms with van der Waals surface area (Å²) in [5.74, 6) is -3.08. The normalized spacial score (nSPS) is 12.6. The van der Waals surface area contributed by atoms with Crippen molar-refractivity contribution in [3.8, 4) is 0 Å². The molecular weight excluding hydrogens is 429 g/mol. The third kappa shape index (κ3) is 9.99. The van der Waals surface area contributed by atoms with Gasteiger partial charge in [-0.1, -0.05) is 0 Å². The highest BCUT2D eigenvalue weighted by atomic mass is 32.2. The van der Waals surface area contributed by atoms with Crippen molar-refractivity contribution in [3.63, 3.8) is 0 Å². The van der Waals surface area contributed by atoms with Crippen molar-refractivity contribution in [1.82, 2.24) is 15.6 Å². The minimum Gasteiger partial charge on any atom is -0.481 e. The number of hydrogen-bond acceptors (Lipinski definition) is 7. The van der Waals surface area contributed by atoms with Crippen LogP contribution in [0.4, 0.5) is 8.68 Å². The number of urea groups is 1. The van der Waals surface area contributed by atoms with E-state index in [1.54, 1.807) is 12.1 Å². The first kappa shape index (κ1) is 24.5. The fourth-order valence-corrected chi connectivity index (χ4v) is 3.37. The number of thioether (sulfide) groups is 1. The van der Waals surface area contributed by atoms with Crippen molar-refractivity contribution in [2.75, 3.05) is 5.75 Å². The van der Waals surface area contributed by atoms with Crippen molar-refractivity contribution >= 4 is 47.8 Å². The van der Waals surface area contributed by atoms with Crippen LogP contribution in [-0.4, -0.2) is 62.1 Å².